The van der Waals surface area contributed by atoms with Crippen molar-refractivity contribution < 1.29 is 19.5 Å². The van der Waals surface area contributed by atoms with Crippen molar-refractivity contribution in [2.75, 3.05) is 13.1 Å². The molecule has 1 atom stereocenters. The van der Waals surface area contributed by atoms with Crippen molar-refractivity contribution in [3.05, 3.63) is 22.4 Å². The molecule has 1 unspecified atom stereocenters. The molecule has 122 valence electrons. The zero-order valence-electron chi connectivity index (χ0n) is 12.9. The van der Waals surface area contributed by atoms with Gasteiger partial charge in [-0.15, -0.1) is 0 Å². The lowest BCUT2D eigenvalue weighted by molar-refractivity contribution is -0.146. The summed E-state index contributed by atoms with van der Waals surface area (Å²) in [5, 5.41) is 15.2. The lowest BCUT2D eigenvalue weighted by atomic mass is 10.2. The molecule has 0 bridgehead atoms. The van der Waals surface area contributed by atoms with E-state index in [1.165, 1.54) is 16.2 Å². The minimum absolute atomic E-state index is 0.107. The standard InChI is InChI=1S/C15H22N2O4S/c1-3-11(2)17(9-14(19)20)13(18)5-4-7-16-15(21)12-6-8-22-10-12/h6,8,10-11H,3-5,7,9H2,1-2H3,(H,16,21)(H,19,20). The molecule has 2 N–H and O–H groups in total. The van der Waals surface area contributed by atoms with Gasteiger partial charge in [0.15, 0.2) is 0 Å². The summed E-state index contributed by atoms with van der Waals surface area (Å²) in [5.74, 6) is -1.36. The average Bonchev–Trinajstić information content (AvgIpc) is 3.02. The van der Waals surface area contributed by atoms with E-state index in [1.807, 2.05) is 19.2 Å². The fourth-order valence-electron chi connectivity index (χ4n) is 1.94. The van der Waals surface area contributed by atoms with E-state index in [2.05, 4.69) is 5.32 Å². The first-order valence-corrected chi connectivity index (χ1v) is 8.21. The van der Waals surface area contributed by atoms with Gasteiger partial charge in [-0.3, -0.25) is 14.4 Å². The van der Waals surface area contributed by atoms with Crippen LogP contribution < -0.4 is 5.32 Å². The predicted molar refractivity (Wildman–Crippen MR) is 85.0 cm³/mol. The molecule has 0 saturated carbocycles. The molecule has 1 rings (SSSR count). The quantitative estimate of drug-likeness (QED) is 0.679. The molecule has 0 fully saturated rings. The van der Waals surface area contributed by atoms with E-state index in [0.717, 1.165) is 0 Å². The van der Waals surface area contributed by atoms with Crippen LogP contribution in [0.25, 0.3) is 0 Å². The normalized spacial score (nSPS) is 11.7. The number of amides is 2. The molecule has 2 amide bonds. The van der Waals surface area contributed by atoms with Gasteiger partial charge in [0.25, 0.3) is 5.91 Å². The van der Waals surface area contributed by atoms with Crippen molar-refractivity contribution in [3.8, 4) is 0 Å². The van der Waals surface area contributed by atoms with Gasteiger partial charge in [-0.05, 0) is 31.2 Å². The van der Waals surface area contributed by atoms with E-state index in [1.54, 1.807) is 11.4 Å². The summed E-state index contributed by atoms with van der Waals surface area (Å²) in [6, 6.07) is 1.63. The second-order valence-electron chi connectivity index (χ2n) is 5.04. The van der Waals surface area contributed by atoms with Crippen molar-refractivity contribution in [3.63, 3.8) is 0 Å². The van der Waals surface area contributed by atoms with Crippen LogP contribution in [0, 0.1) is 0 Å². The monoisotopic (exact) mass is 326 g/mol. The van der Waals surface area contributed by atoms with Crippen LogP contribution in [-0.2, 0) is 9.59 Å². The number of carboxylic acids is 1. The first kappa shape index (κ1) is 18.2. The molecule has 0 aliphatic heterocycles. The topological polar surface area (TPSA) is 86.7 Å². The Labute approximate surface area is 134 Å². The SMILES string of the molecule is CCC(C)N(CC(=O)O)C(=O)CCCNC(=O)c1ccsc1. The molecule has 0 aliphatic rings. The fraction of sp³-hybridized carbons (Fsp3) is 0.533. The second kappa shape index (κ2) is 9.19. The van der Waals surface area contributed by atoms with Crippen LogP contribution in [0.2, 0.25) is 0 Å². The Morgan fingerprint density at radius 3 is 2.68 bits per heavy atom. The zero-order valence-corrected chi connectivity index (χ0v) is 13.7. The zero-order chi connectivity index (χ0) is 16.5. The lowest BCUT2D eigenvalue weighted by Crippen LogP contribution is -2.42. The number of hydrogen-bond donors (Lipinski definition) is 2. The van der Waals surface area contributed by atoms with E-state index in [0.29, 0.717) is 24.9 Å². The fourth-order valence-corrected chi connectivity index (χ4v) is 2.57. The molecular formula is C15H22N2O4S. The molecule has 1 aromatic rings. The van der Waals surface area contributed by atoms with Gasteiger partial charge in [-0.2, -0.15) is 11.3 Å². The van der Waals surface area contributed by atoms with Crippen LogP contribution in [0.3, 0.4) is 0 Å². The number of hydrogen-bond acceptors (Lipinski definition) is 4. The molecule has 0 saturated heterocycles. The van der Waals surface area contributed by atoms with Gasteiger partial charge in [0.2, 0.25) is 5.91 Å². The summed E-state index contributed by atoms with van der Waals surface area (Å²) in [5.41, 5.74) is 0.614. The van der Waals surface area contributed by atoms with Crippen LogP contribution in [0.4, 0.5) is 0 Å². The molecule has 0 aromatic carbocycles. The lowest BCUT2D eigenvalue weighted by Gasteiger charge is -2.27. The van der Waals surface area contributed by atoms with Gasteiger partial charge in [-0.1, -0.05) is 6.92 Å². The number of carbonyl (C=O) groups excluding carboxylic acids is 2. The Morgan fingerprint density at radius 2 is 2.14 bits per heavy atom. The highest BCUT2D eigenvalue weighted by atomic mass is 32.1. The smallest absolute Gasteiger partial charge is 0.323 e. The van der Waals surface area contributed by atoms with Crippen LogP contribution in [0.15, 0.2) is 16.8 Å². The Morgan fingerprint density at radius 1 is 1.41 bits per heavy atom. The minimum atomic E-state index is -1.01. The first-order valence-electron chi connectivity index (χ1n) is 7.27. The molecular weight excluding hydrogens is 304 g/mol. The van der Waals surface area contributed by atoms with E-state index < -0.39 is 5.97 Å². The Balaban J connectivity index is 2.36. The van der Waals surface area contributed by atoms with Crippen LogP contribution in [-0.4, -0.2) is 46.9 Å². The molecule has 7 heteroatoms. The summed E-state index contributed by atoms with van der Waals surface area (Å²) in [6.07, 6.45) is 1.41. The van der Waals surface area contributed by atoms with Crippen molar-refractivity contribution in [2.45, 2.75) is 39.2 Å². The highest BCUT2D eigenvalue weighted by Gasteiger charge is 2.20. The maximum absolute atomic E-state index is 12.1. The van der Waals surface area contributed by atoms with Crippen molar-refractivity contribution in [1.29, 1.82) is 0 Å². The Bertz CT molecular complexity index is 502. The Kier molecular flexibility index (Phi) is 7.59. The number of thiophene rings is 1. The van der Waals surface area contributed by atoms with Gasteiger partial charge in [0.1, 0.15) is 6.54 Å². The maximum Gasteiger partial charge on any atom is 0.323 e. The third-order valence-corrected chi connectivity index (χ3v) is 4.07. The predicted octanol–water partition coefficient (Wildman–Crippen LogP) is 1.97. The summed E-state index contributed by atoms with van der Waals surface area (Å²) in [4.78, 5) is 36.0. The van der Waals surface area contributed by atoms with Crippen molar-refractivity contribution in [1.82, 2.24) is 10.2 Å². The van der Waals surface area contributed by atoms with Crippen LogP contribution in [0.5, 0.6) is 0 Å². The van der Waals surface area contributed by atoms with Gasteiger partial charge in [0.05, 0.1) is 0 Å². The van der Waals surface area contributed by atoms with Gasteiger partial charge in [-0.25, -0.2) is 0 Å². The maximum atomic E-state index is 12.1. The van der Waals surface area contributed by atoms with Crippen LogP contribution >= 0.6 is 11.3 Å². The van der Waals surface area contributed by atoms with Crippen LogP contribution in [0.1, 0.15) is 43.5 Å². The largest absolute Gasteiger partial charge is 0.480 e. The molecule has 1 aromatic heterocycles. The summed E-state index contributed by atoms with van der Waals surface area (Å²) < 4.78 is 0. The Hall–Kier alpha value is -1.89. The molecule has 6 nitrogen and oxygen atoms in total. The van der Waals surface area contributed by atoms with E-state index in [9.17, 15) is 14.4 Å². The minimum Gasteiger partial charge on any atom is -0.480 e. The highest BCUT2D eigenvalue weighted by molar-refractivity contribution is 7.08. The number of aliphatic carboxylic acids is 1. The molecule has 0 radical (unpaired) electrons. The third kappa shape index (κ3) is 5.85. The average molecular weight is 326 g/mol. The van der Waals surface area contributed by atoms with E-state index in [-0.39, 0.29) is 30.8 Å². The number of nitrogens with zero attached hydrogens (tertiary/aromatic N) is 1. The first-order chi connectivity index (χ1) is 10.5. The molecule has 0 spiro atoms. The third-order valence-electron chi connectivity index (χ3n) is 3.39. The number of carbonyl (C=O) groups is 3. The highest BCUT2D eigenvalue weighted by Crippen LogP contribution is 2.08. The van der Waals surface area contributed by atoms with E-state index in [4.69, 9.17) is 5.11 Å². The summed E-state index contributed by atoms with van der Waals surface area (Å²) in [6.45, 7) is 3.85. The van der Waals surface area contributed by atoms with Gasteiger partial charge in [0, 0.05) is 30.0 Å². The van der Waals surface area contributed by atoms with Crippen molar-refractivity contribution in [2.24, 2.45) is 0 Å². The van der Waals surface area contributed by atoms with Gasteiger partial charge < -0.3 is 15.3 Å². The van der Waals surface area contributed by atoms with Crippen molar-refractivity contribution >= 4 is 29.1 Å². The summed E-state index contributed by atoms with van der Waals surface area (Å²) >= 11 is 1.45. The number of nitrogens with one attached hydrogen (secondary N) is 1. The molecule has 1 heterocycles. The second-order valence-corrected chi connectivity index (χ2v) is 5.82. The number of carboxylic acid groups (broad SMARTS) is 1. The molecule has 0 aliphatic carbocycles. The van der Waals surface area contributed by atoms with Gasteiger partial charge >= 0.3 is 5.97 Å². The molecule has 22 heavy (non-hydrogen) atoms. The van der Waals surface area contributed by atoms with E-state index >= 15 is 0 Å². The number of rotatable bonds is 9. The summed E-state index contributed by atoms with van der Waals surface area (Å²) in [7, 11) is 0.